The van der Waals surface area contributed by atoms with Gasteiger partial charge in [-0.25, -0.2) is 4.79 Å². The van der Waals surface area contributed by atoms with Gasteiger partial charge in [-0.1, -0.05) is 12.7 Å². The zero-order valence-electron chi connectivity index (χ0n) is 16.7. The van der Waals surface area contributed by atoms with Gasteiger partial charge in [0, 0.05) is 43.6 Å². The molecule has 2 unspecified atom stereocenters. The van der Waals surface area contributed by atoms with Crippen molar-refractivity contribution in [3.05, 3.63) is 47.6 Å². The van der Waals surface area contributed by atoms with Gasteiger partial charge >= 0.3 is 6.09 Å². The van der Waals surface area contributed by atoms with Gasteiger partial charge < -0.3 is 14.5 Å². The van der Waals surface area contributed by atoms with E-state index in [2.05, 4.69) is 22.0 Å². The third kappa shape index (κ3) is 3.74. The zero-order chi connectivity index (χ0) is 20.5. The summed E-state index contributed by atoms with van der Waals surface area (Å²) in [4.78, 5) is 28.9. The number of carbonyl (C=O) groups is 2. The van der Waals surface area contributed by atoms with E-state index in [1.54, 1.807) is 23.1 Å². The van der Waals surface area contributed by atoms with Crippen molar-refractivity contribution in [2.75, 3.05) is 32.8 Å². The molecule has 4 rings (SSSR count). The summed E-state index contributed by atoms with van der Waals surface area (Å²) in [5.74, 6) is 0.557. The molecule has 2 aliphatic heterocycles. The van der Waals surface area contributed by atoms with E-state index in [1.807, 2.05) is 24.8 Å². The Labute approximate surface area is 169 Å². The minimum atomic E-state index is -0.307. The highest BCUT2D eigenvalue weighted by molar-refractivity contribution is 5.97. The van der Waals surface area contributed by atoms with Crippen LogP contribution >= 0.6 is 0 Å². The molecule has 8 nitrogen and oxygen atoms in total. The first-order chi connectivity index (χ1) is 14.0. The van der Waals surface area contributed by atoms with E-state index in [1.165, 1.54) is 0 Å². The first-order valence-electron chi connectivity index (χ1n) is 9.79. The first-order valence-corrected chi connectivity index (χ1v) is 9.79. The zero-order valence-corrected chi connectivity index (χ0v) is 16.7. The van der Waals surface area contributed by atoms with Gasteiger partial charge in [-0.2, -0.15) is 15.4 Å². The standard InChI is InChI=1S/C21H25N5O3/c1-4-13(2)14(3)12-29-21(28)26-10-16-8-25(9-17(16)11-26)20(27)15-5-6-18-19(7-15)23-24-22-18/h4-7,16-17H,3,8-12H2,1-2H3,(H,22,23,24)/b13-4-. The lowest BCUT2D eigenvalue weighted by atomic mass is 10.0. The topological polar surface area (TPSA) is 91.4 Å². The van der Waals surface area contributed by atoms with Crippen LogP contribution in [0.2, 0.25) is 0 Å². The Bertz CT molecular complexity index is 981. The second kappa shape index (κ2) is 7.69. The number of fused-ring (bicyclic) bond motifs is 2. The molecule has 1 aromatic carbocycles. The fourth-order valence-corrected chi connectivity index (χ4v) is 4.02. The number of hydrogen-bond donors (Lipinski definition) is 1. The molecule has 0 spiro atoms. The quantitative estimate of drug-likeness (QED) is 0.804. The normalized spacial score (nSPS) is 21.5. The van der Waals surface area contributed by atoms with Crippen LogP contribution < -0.4 is 0 Å². The number of rotatable bonds is 4. The van der Waals surface area contributed by atoms with Crippen molar-refractivity contribution in [1.82, 2.24) is 25.2 Å². The maximum atomic E-state index is 12.9. The smallest absolute Gasteiger partial charge is 0.410 e. The van der Waals surface area contributed by atoms with Crippen LogP contribution in [0.5, 0.6) is 0 Å². The molecule has 2 atom stereocenters. The third-order valence-electron chi connectivity index (χ3n) is 5.96. The van der Waals surface area contributed by atoms with Gasteiger partial charge in [0.05, 0.1) is 0 Å². The summed E-state index contributed by atoms with van der Waals surface area (Å²) >= 11 is 0. The molecule has 1 N–H and O–H groups in total. The fourth-order valence-electron chi connectivity index (χ4n) is 4.02. The van der Waals surface area contributed by atoms with Crippen molar-refractivity contribution in [1.29, 1.82) is 0 Å². The second-order valence-electron chi connectivity index (χ2n) is 7.79. The summed E-state index contributed by atoms with van der Waals surface area (Å²) in [5.41, 5.74) is 3.86. The first kappa shape index (κ1) is 19.2. The number of nitrogens with zero attached hydrogens (tertiary/aromatic N) is 4. The maximum Gasteiger partial charge on any atom is 0.410 e. The number of benzene rings is 1. The molecule has 0 saturated carbocycles. The van der Waals surface area contributed by atoms with Crippen molar-refractivity contribution >= 4 is 23.0 Å². The molecule has 2 amide bonds. The Kier molecular flexibility index (Phi) is 5.08. The van der Waals surface area contributed by atoms with Crippen LogP contribution in [0.3, 0.4) is 0 Å². The monoisotopic (exact) mass is 395 g/mol. The van der Waals surface area contributed by atoms with Gasteiger partial charge in [0.2, 0.25) is 0 Å². The Morgan fingerprint density at radius 1 is 1.17 bits per heavy atom. The Balaban J connectivity index is 1.32. The minimum Gasteiger partial charge on any atom is -0.445 e. The van der Waals surface area contributed by atoms with E-state index in [0.29, 0.717) is 37.3 Å². The highest BCUT2D eigenvalue weighted by Crippen LogP contribution is 2.32. The van der Waals surface area contributed by atoms with Crippen LogP contribution in [0.4, 0.5) is 4.79 Å². The molecule has 2 aromatic rings. The average Bonchev–Trinajstić information content (AvgIpc) is 3.44. The summed E-state index contributed by atoms with van der Waals surface area (Å²) < 4.78 is 5.40. The molecule has 0 aliphatic carbocycles. The number of amides is 2. The second-order valence-corrected chi connectivity index (χ2v) is 7.79. The van der Waals surface area contributed by atoms with Crippen molar-refractivity contribution in [3.63, 3.8) is 0 Å². The van der Waals surface area contributed by atoms with Crippen LogP contribution in [-0.4, -0.2) is 70.0 Å². The van der Waals surface area contributed by atoms with Crippen molar-refractivity contribution in [2.45, 2.75) is 13.8 Å². The number of aromatic nitrogens is 3. The Morgan fingerprint density at radius 3 is 2.52 bits per heavy atom. The van der Waals surface area contributed by atoms with Crippen LogP contribution in [0, 0.1) is 11.8 Å². The van der Waals surface area contributed by atoms with E-state index in [-0.39, 0.29) is 30.4 Å². The number of hydrogen-bond acceptors (Lipinski definition) is 5. The van der Waals surface area contributed by atoms with Crippen molar-refractivity contribution in [3.8, 4) is 0 Å². The van der Waals surface area contributed by atoms with Crippen LogP contribution in [0.1, 0.15) is 24.2 Å². The number of aromatic amines is 1. The van der Waals surface area contributed by atoms with Gasteiger partial charge in [0.15, 0.2) is 0 Å². The van der Waals surface area contributed by atoms with Gasteiger partial charge in [0.1, 0.15) is 17.6 Å². The SMILES string of the molecule is C=C(COC(=O)N1CC2CN(C(=O)c3ccc4n[nH]nc4c3)CC2C1)/C(C)=C\C. The summed E-state index contributed by atoms with van der Waals surface area (Å²) in [6, 6.07) is 5.34. The molecule has 152 valence electrons. The predicted molar refractivity (Wildman–Crippen MR) is 108 cm³/mol. The predicted octanol–water partition coefficient (Wildman–Crippen LogP) is 2.62. The molecule has 8 heteroatoms. The Morgan fingerprint density at radius 2 is 1.83 bits per heavy atom. The number of nitrogens with one attached hydrogen (secondary N) is 1. The lowest BCUT2D eigenvalue weighted by Crippen LogP contribution is -2.36. The van der Waals surface area contributed by atoms with E-state index in [4.69, 9.17) is 4.74 Å². The molecule has 2 fully saturated rings. The number of carbonyl (C=O) groups excluding carboxylic acids is 2. The summed E-state index contributed by atoms with van der Waals surface area (Å²) in [5, 5.41) is 10.6. The van der Waals surface area contributed by atoms with E-state index >= 15 is 0 Å². The van der Waals surface area contributed by atoms with Crippen molar-refractivity contribution in [2.24, 2.45) is 11.8 Å². The van der Waals surface area contributed by atoms with E-state index < -0.39 is 0 Å². The van der Waals surface area contributed by atoms with Gasteiger partial charge in [-0.05, 0) is 43.2 Å². The lowest BCUT2D eigenvalue weighted by Gasteiger charge is -2.22. The van der Waals surface area contributed by atoms with E-state index in [0.717, 1.165) is 16.7 Å². The molecule has 2 saturated heterocycles. The molecule has 29 heavy (non-hydrogen) atoms. The maximum absolute atomic E-state index is 12.9. The largest absolute Gasteiger partial charge is 0.445 e. The van der Waals surface area contributed by atoms with Crippen molar-refractivity contribution < 1.29 is 14.3 Å². The highest BCUT2D eigenvalue weighted by atomic mass is 16.6. The van der Waals surface area contributed by atoms with Crippen LogP contribution in [-0.2, 0) is 4.74 Å². The van der Waals surface area contributed by atoms with Crippen LogP contribution in [0.25, 0.3) is 11.0 Å². The molecule has 0 bridgehead atoms. The van der Waals surface area contributed by atoms with E-state index in [9.17, 15) is 9.59 Å². The third-order valence-corrected chi connectivity index (χ3v) is 5.96. The summed E-state index contributed by atoms with van der Waals surface area (Å²) in [6.45, 7) is 10.5. The molecular weight excluding hydrogens is 370 g/mol. The molecule has 2 aliphatic rings. The number of likely N-dealkylation sites (tertiary alicyclic amines) is 2. The fraction of sp³-hybridized carbons (Fsp3) is 0.429. The molecule has 1 aromatic heterocycles. The number of allylic oxidation sites excluding steroid dienone is 1. The van der Waals surface area contributed by atoms with Crippen LogP contribution in [0.15, 0.2) is 42.0 Å². The molecule has 3 heterocycles. The Hall–Kier alpha value is -3.16. The molecular formula is C21H25N5O3. The highest BCUT2D eigenvalue weighted by Gasteiger charge is 2.43. The summed E-state index contributed by atoms with van der Waals surface area (Å²) in [7, 11) is 0. The van der Waals surface area contributed by atoms with Gasteiger partial charge in [-0.3, -0.25) is 4.79 Å². The average molecular weight is 395 g/mol. The summed E-state index contributed by atoms with van der Waals surface area (Å²) in [6.07, 6.45) is 1.64. The van der Waals surface area contributed by atoms with Gasteiger partial charge in [0.25, 0.3) is 5.91 Å². The van der Waals surface area contributed by atoms with Gasteiger partial charge in [-0.15, -0.1) is 0 Å². The number of H-pyrrole nitrogens is 1. The molecule has 0 radical (unpaired) electrons. The number of ether oxygens (including phenoxy) is 1. The minimum absolute atomic E-state index is 0.00319. The lowest BCUT2D eigenvalue weighted by molar-refractivity contribution is 0.0770.